The molecule has 0 N–H and O–H groups in total. The third-order valence-corrected chi connectivity index (χ3v) is 2.64. The Morgan fingerprint density at radius 3 is 2.80 bits per heavy atom. The molecule has 86 valence electrons. The highest BCUT2D eigenvalue weighted by Gasteiger charge is 2.20. The van der Waals surface area contributed by atoms with E-state index < -0.39 is 0 Å². The summed E-state index contributed by atoms with van der Waals surface area (Å²) in [5.74, 6) is 0.172. The van der Waals surface area contributed by atoms with Crippen LogP contribution in [0.15, 0.2) is 0 Å². The van der Waals surface area contributed by atoms with Gasteiger partial charge in [0.05, 0.1) is 32.8 Å². The Balaban J connectivity index is 1.73. The van der Waals surface area contributed by atoms with Gasteiger partial charge in [-0.15, -0.1) is 0 Å². The number of carbonyl (C=O) groups is 1. The Bertz CT molecular complexity index is 215. The van der Waals surface area contributed by atoms with Crippen LogP contribution in [0.25, 0.3) is 0 Å². The van der Waals surface area contributed by atoms with Crippen LogP contribution in [0, 0.1) is 0 Å². The van der Waals surface area contributed by atoms with Crippen LogP contribution in [0.4, 0.5) is 0 Å². The number of nitrogens with zero attached hydrogens (tertiary/aromatic N) is 1. The molecule has 0 unspecified atom stereocenters. The van der Waals surface area contributed by atoms with Crippen LogP contribution in [-0.2, 0) is 19.0 Å². The zero-order chi connectivity index (χ0) is 10.5. The third kappa shape index (κ3) is 3.15. The van der Waals surface area contributed by atoms with Gasteiger partial charge in [-0.3, -0.25) is 4.79 Å². The first-order valence-corrected chi connectivity index (χ1v) is 5.45. The van der Waals surface area contributed by atoms with Gasteiger partial charge in [0, 0.05) is 19.5 Å². The summed E-state index contributed by atoms with van der Waals surface area (Å²) in [7, 11) is 0. The summed E-state index contributed by atoms with van der Waals surface area (Å²) in [4.78, 5) is 13.4. The molecular formula is C10H17NO4. The van der Waals surface area contributed by atoms with E-state index in [1.165, 1.54) is 0 Å². The Labute approximate surface area is 89.3 Å². The van der Waals surface area contributed by atoms with E-state index >= 15 is 0 Å². The van der Waals surface area contributed by atoms with E-state index in [4.69, 9.17) is 14.2 Å². The lowest BCUT2D eigenvalue weighted by molar-refractivity contribution is -0.131. The van der Waals surface area contributed by atoms with Crippen molar-refractivity contribution in [3.63, 3.8) is 0 Å². The summed E-state index contributed by atoms with van der Waals surface area (Å²) in [6, 6.07) is 0. The lowest BCUT2D eigenvalue weighted by Crippen LogP contribution is -2.34. The van der Waals surface area contributed by atoms with Crippen molar-refractivity contribution >= 4 is 5.91 Å². The zero-order valence-electron chi connectivity index (χ0n) is 8.81. The third-order valence-electron chi connectivity index (χ3n) is 2.64. The maximum atomic E-state index is 11.6. The van der Waals surface area contributed by atoms with E-state index in [1.54, 1.807) is 0 Å². The van der Waals surface area contributed by atoms with Crippen LogP contribution in [0.3, 0.4) is 0 Å². The molecular weight excluding hydrogens is 198 g/mol. The van der Waals surface area contributed by atoms with Gasteiger partial charge in [-0.1, -0.05) is 0 Å². The second kappa shape index (κ2) is 5.44. The fourth-order valence-electron chi connectivity index (χ4n) is 1.79. The van der Waals surface area contributed by atoms with Gasteiger partial charge >= 0.3 is 0 Å². The molecule has 15 heavy (non-hydrogen) atoms. The molecule has 0 saturated carbocycles. The molecule has 2 fully saturated rings. The van der Waals surface area contributed by atoms with E-state index in [9.17, 15) is 4.79 Å². The Hall–Kier alpha value is -0.650. The van der Waals surface area contributed by atoms with Crippen LogP contribution >= 0.6 is 0 Å². The lowest BCUT2D eigenvalue weighted by atomic mass is 10.3. The van der Waals surface area contributed by atoms with Crippen LogP contribution < -0.4 is 0 Å². The highest BCUT2D eigenvalue weighted by Crippen LogP contribution is 2.10. The van der Waals surface area contributed by atoms with E-state index in [0.717, 1.165) is 6.42 Å². The van der Waals surface area contributed by atoms with Crippen molar-refractivity contribution in [2.45, 2.75) is 19.1 Å². The molecule has 2 heterocycles. The largest absolute Gasteiger partial charge is 0.379 e. The fourth-order valence-corrected chi connectivity index (χ4v) is 1.79. The molecule has 5 heteroatoms. The maximum Gasteiger partial charge on any atom is 0.224 e. The number of hydrogen-bond acceptors (Lipinski definition) is 4. The molecule has 0 aromatic carbocycles. The molecule has 5 nitrogen and oxygen atoms in total. The summed E-state index contributed by atoms with van der Waals surface area (Å²) in [6.45, 7) is 3.91. The number of rotatable bonds is 3. The molecule has 2 saturated heterocycles. The van der Waals surface area contributed by atoms with E-state index in [-0.39, 0.29) is 12.2 Å². The Morgan fingerprint density at radius 1 is 1.20 bits per heavy atom. The highest BCUT2D eigenvalue weighted by atomic mass is 16.7. The number of hydrogen-bond donors (Lipinski definition) is 0. The molecule has 1 amide bonds. The molecule has 0 spiro atoms. The first-order valence-electron chi connectivity index (χ1n) is 5.45. The average Bonchev–Trinajstić information content (AvgIpc) is 2.67. The maximum absolute atomic E-state index is 11.6. The van der Waals surface area contributed by atoms with Crippen LogP contribution in [0.1, 0.15) is 12.8 Å². The summed E-state index contributed by atoms with van der Waals surface area (Å²) in [6.07, 6.45) is 1.12. The molecule has 2 rings (SSSR count). The minimum Gasteiger partial charge on any atom is -0.379 e. The molecule has 0 aromatic heterocycles. The quantitative estimate of drug-likeness (QED) is 0.665. The predicted octanol–water partition coefficient (Wildman–Crippen LogP) is -0.00170. The van der Waals surface area contributed by atoms with Crippen molar-refractivity contribution in [1.29, 1.82) is 0 Å². The minimum atomic E-state index is -0.123. The van der Waals surface area contributed by atoms with Crippen molar-refractivity contribution in [3.05, 3.63) is 0 Å². The fraction of sp³-hybridized carbons (Fsp3) is 0.900. The standard InChI is InChI=1S/C10H17NO4/c12-9-2-5-13-6-4-11(9)3-1-10-14-7-8-15-10/h10H,1-8H2. The number of ether oxygens (including phenoxy) is 3. The number of amides is 1. The van der Waals surface area contributed by atoms with E-state index in [0.29, 0.717) is 45.9 Å². The monoisotopic (exact) mass is 215 g/mol. The first kappa shape index (κ1) is 10.9. The van der Waals surface area contributed by atoms with Crippen molar-refractivity contribution in [3.8, 4) is 0 Å². The van der Waals surface area contributed by atoms with Crippen LogP contribution in [0.5, 0.6) is 0 Å². The first-order chi connectivity index (χ1) is 7.36. The normalized spacial score (nSPS) is 24.5. The second-order valence-electron chi connectivity index (χ2n) is 3.70. The SMILES string of the molecule is O=C1CCOCCN1CCC1OCCO1. The van der Waals surface area contributed by atoms with Crippen molar-refractivity contribution < 1.29 is 19.0 Å². The van der Waals surface area contributed by atoms with E-state index in [1.807, 2.05) is 4.90 Å². The topological polar surface area (TPSA) is 48.0 Å². The smallest absolute Gasteiger partial charge is 0.224 e. The molecule has 0 aliphatic carbocycles. The van der Waals surface area contributed by atoms with Gasteiger partial charge in [-0.05, 0) is 0 Å². The zero-order valence-corrected chi connectivity index (χ0v) is 8.81. The highest BCUT2D eigenvalue weighted by molar-refractivity contribution is 5.76. The van der Waals surface area contributed by atoms with Gasteiger partial charge in [0.2, 0.25) is 5.91 Å². The molecule has 0 aromatic rings. The summed E-state index contributed by atoms with van der Waals surface area (Å²) in [5.41, 5.74) is 0. The van der Waals surface area contributed by atoms with Gasteiger partial charge in [0.1, 0.15) is 0 Å². The molecule has 2 aliphatic heterocycles. The van der Waals surface area contributed by atoms with Gasteiger partial charge in [-0.25, -0.2) is 0 Å². The summed E-state index contributed by atoms with van der Waals surface area (Å²) >= 11 is 0. The molecule has 2 aliphatic rings. The van der Waals surface area contributed by atoms with Gasteiger partial charge in [-0.2, -0.15) is 0 Å². The van der Waals surface area contributed by atoms with Gasteiger partial charge in [0.15, 0.2) is 6.29 Å². The Morgan fingerprint density at radius 2 is 2.00 bits per heavy atom. The van der Waals surface area contributed by atoms with Crippen molar-refractivity contribution in [2.24, 2.45) is 0 Å². The molecule has 0 atom stereocenters. The molecule has 0 radical (unpaired) electrons. The van der Waals surface area contributed by atoms with Crippen molar-refractivity contribution in [1.82, 2.24) is 4.90 Å². The predicted molar refractivity (Wildman–Crippen MR) is 52.3 cm³/mol. The average molecular weight is 215 g/mol. The lowest BCUT2D eigenvalue weighted by Gasteiger charge is -2.21. The van der Waals surface area contributed by atoms with Gasteiger partial charge in [0.25, 0.3) is 0 Å². The minimum absolute atomic E-state index is 0.123. The van der Waals surface area contributed by atoms with Crippen molar-refractivity contribution in [2.75, 3.05) is 39.5 Å². The van der Waals surface area contributed by atoms with Crippen LogP contribution in [-0.4, -0.2) is 56.6 Å². The summed E-state index contributed by atoms with van der Waals surface area (Å²) < 4.78 is 15.9. The van der Waals surface area contributed by atoms with E-state index in [2.05, 4.69) is 0 Å². The molecule has 0 bridgehead atoms. The van der Waals surface area contributed by atoms with Crippen LogP contribution in [0.2, 0.25) is 0 Å². The van der Waals surface area contributed by atoms with Gasteiger partial charge < -0.3 is 19.1 Å². The number of carbonyl (C=O) groups excluding carboxylic acids is 1. The summed E-state index contributed by atoms with van der Waals surface area (Å²) in [5, 5.41) is 0. The second-order valence-corrected chi connectivity index (χ2v) is 3.70. The Kier molecular flexibility index (Phi) is 3.94.